The van der Waals surface area contributed by atoms with Crippen LogP contribution in [0.15, 0.2) is 87.8 Å². The van der Waals surface area contributed by atoms with Gasteiger partial charge < -0.3 is 0 Å². The summed E-state index contributed by atoms with van der Waals surface area (Å²) in [6.07, 6.45) is 1.78. The Labute approximate surface area is 192 Å². The van der Waals surface area contributed by atoms with E-state index in [2.05, 4.69) is 4.99 Å². The highest BCUT2D eigenvalue weighted by Gasteiger charge is 2.33. The van der Waals surface area contributed by atoms with Gasteiger partial charge in [-0.2, -0.15) is 0 Å². The number of hydrogen-bond acceptors (Lipinski definition) is 5. The average molecular weight is 462 g/mol. The number of anilines is 1. The van der Waals surface area contributed by atoms with E-state index >= 15 is 0 Å². The first-order valence-corrected chi connectivity index (χ1v) is 11.6. The number of halogens is 1. The summed E-state index contributed by atoms with van der Waals surface area (Å²) < 4.78 is 1.95. The van der Waals surface area contributed by atoms with Crippen LogP contribution < -0.4 is 4.90 Å². The number of hydrogen-bond donors (Lipinski definition) is 0. The predicted molar refractivity (Wildman–Crippen MR) is 131 cm³/mol. The molecule has 0 N–H and O–H groups in total. The number of thiazole rings is 1. The molecule has 0 fully saturated rings. The summed E-state index contributed by atoms with van der Waals surface area (Å²) in [5.41, 5.74) is 4.10. The van der Waals surface area contributed by atoms with Crippen molar-refractivity contribution >= 4 is 67.8 Å². The van der Waals surface area contributed by atoms with Gasteiger partial charge in [0.25, 0.3) is 5.91 Å². The molecule has 4 nitrogen and oxygen atoms in total. The highest BCUT2D eigenvalue weighted by Crippen LogP contribution is 2.36. The number of carbonyl (C=O) groups is 1. The molecule has 152 valence electrons. The molecular weight excluding hydrogens is 446 g/mol. The Morgan fingerprint density at radius 1 is 1.00 bits per heavy atom. The number of fused-ring (bicyclic) bond motifs is 1. The van der Waals surface area contributed by atoms with Crippen LogP contribution in [0.25, 0.3) is 16.3 Å². The zero-order chi connectivity index (χ0) is 21.4. The molecule has 0 unspecified atom stereocenters. The van der Waals surface area contributed by atoms with E-state index in [1.54, 1.807) is 34.4 Å². The SMILES string of the molecule is Cc1ccc(N2C(=O)/C(=C/c3ccc(Cl)cc3)N=C2Sc2nc3ccccc3s2)cc1. The maximum Gasteiger partial charge on any atom is 0.283 e. The number of amides is 1. The van der Waals surface area contributed by atoms with Gasteiger partial charge in [-0.1, -0.05) is 53.6 Å². The van der Waals surface area contributed by atoms with Crippen LogP contribution >= 0.6 is 34.7 Å². The van der Waals surface area contributed by atoms with Crippen LogP contribution in [-0.4, -0.2) is 16.1 Å². The van der Waals surface area contributed by atoms with Gasteiger partial charge in [0.1, 0.15) is 5.70 Å². The first-order chi connectivity index (χ1) is 15.1. The van der Waals surface area contributed by atoms with Crippen molar-refractivity contribution in [2.24, 2.45) is 4.99 Å². The molecule has 1 aliphatic heterocycles. The van der Waals surface area contributed by atoms with Gasteiger partial charge in [0, 0.05) is 5.02 Å². The molecular formula is C24H16ClN3OS2. The third kappa shape index (κ3) is 4.14. The first kappa shape index (κ1) is 20.0. The summed E-state index contributed by atoms with van der Waals surface area (Å²) in [6.45, 7) is 2.02. The van der Waals surface area contributed by atoms with E-state index in [9.17, 15) is 4.79 Å². The topological polar surface area (TPSA) is 45.6 Å². The molecule has 7 heteroatoms. The average Bonchev–Trinajstić information content (AvgIpc) is 3.31. The van der Waals surface area contributed by atoms with Crippen LogP contribution in [0.2, 0.25) is 5.02 Å². The largest absolute Gasteiger partial charge is 0.283 e. The number of aryl methyl sites for hydroxylation is 1. The quantitative estimate of drug-likeness (QED) is 0.315. The maximum atomic E-state index is 13.3. The van der Waals surface area contributed by atoms with Crippen molar-refractivity contribution in [1.82, 2.24) is 4.98 Å². The van der Waals surface area contributed by atoms with E-state index < -0.39 is 0 Å². The zero-order valence-electron chi connectivity index (χ0n) is 16.4. The lowest BCUT2D eigenvalue weighted by atomic mass is 10.2. The van der Waals surface area contributed by atoms with Gasteiger partial charge in [-0.05, 0) is 66.7 Å². The fourth-order valence-corrected chi connectivity index (χ4v) is 5.38. The minimum absolute atomic E-state index is 0.164. The van der Waals surface area contributed by atoms with Gasteiger partial charge >= 0.3 is 0 Å². The molecule has 0 saturated carbocycles. The van der Waals surface area contributed by atoms with Crippen LogP contribution in [0.1, 0.15) is 11.1 Å². The first-order valence-electron chi connectivity index (χ1n) is 9.57. The number of nitrogens with zero attached hydrogens (tertiary/aromatic N) is 3. The van der Waals surface area contributed by atoms with Crippen molar-refractivity contribution in [2.45, 2.75) is 11.3 Å². The molecule has 2 heterocycles. The Balaban J connectivity index is 1.55. The fourth-order valence-electron chi connectivity index (χ4n) is 3.18. The monoisotopic (exact) mass is 461 g/mol. The number of amidine groups is 1. The summed E-state index contributed by atoms with van der Waals surface area (Å²) in [5.74, 6) is -0.164. The van der Waals surface area contributed by atoms with Crippen LogP contribution in [0, 0.1) is 6.92 Å². The number of benzene rings is 3. The highest BCUT2D eigenvalue weighted by molar-refractivity contribution is 8.15. The molecule has 31 heavy (non-hydrogen) atoms. The predicted octanol–water partition coefficient (Wildman–Crippen LogP) is 6.79. The Morgan fingerprint density at radius 2 is 1.74 bits per heavy atom. The van der Waals surface area contributed by atoms with Crippen molar-refractivity contribution in [3.8, 4) is 0 Å². The molecule has 5 rings (SSSR count). The Kier molecular flexibility index (Phi) is 5.36. The standard InChI is InChI=1S/C24H16ClN3OS2/c1-15-6-12-18(13-7-15)28-22(29)20(14-16-8-10-17(25)11-9-16)26-23(28)31-24-27-19-4-2-3-5-21(19)30-24/h2-14H,1H3/b20-14-. The number of carbonyl (C=O) groups excluding carboxylic acids is 1. The molecule has 0 spiro atoms. The van der Waals surface area contributed by atoms with Crippen molar-refractivity contribution in [2.75, 3.05) is 4.90 Å². The van der Waals surface area contributed by atoms with Gasteiger partial charge in [-0.3, -0.25) is 9.69 Å². The van der Waals surface area contributed by atoms with Gasteiger partial charge in [-0.25, -0.2) is 9.98 Å². The molecule has 0 saturated heterocycles. The minimum Gasteiger partial charge on any atom is -0.266 e. The van der Waals surface area contributed by atoms with Crippen LogP contribution in [-0.2, 0) is 4.79 Å². The highest BCUT2D eigenvalue weighted by atomic mass is 35.5. The molecule has 1 amide bonds. The molecule has 1 aliphatic rings. The van der Waals surface area contributed by atoms with E-state index in [-0.39, 0.29) is 5.91 Å². The van der Waals surface area contributed by atoms with Crippen LogP contribution in [0.3, 0.4) is 0 Å². The number of rotatable bonds is 3. The lowest BCUT2D eigenvalue weighted by molar-refractivity contribution is -0.113. The summed E-state index contributed by atoms with van der Waals surface area (Å²) in [6, 6.07) is 23.2. The van der Waals surface area contributed by atoms with Gasteiger partial charge in [0.2, 0.25) is 0 Å². The smallest absolute Gasteiger partial charge is 0.266 e. The van der Waals surface area contributed by atoms with Gasteiger partial charge in [0.05, 0.1) is 15.9 Å². The lowest BCUT2D eigenvalue weighted by Crippen LogP contribution is -2.30. The van der Waals surface area contributed by atoms with Crippen molar-refractivity contribution in [3.05, 3.63) is 94.6 Å². The van der Waals surface area contributed by atoms with Crippen LogP contribution in [0.4, 0.5) is 5.69 Å². The van der Waals surface area contributed by atoms with Gasteiger partial charge in [-0.15, -0.1) is 11.3 Å². The second-order valence-electron chi connectivity index (χ2n) is 7.00. The van der Waals surface area contributed by atoms with Crippen molar-refractivity contribution < 1.29 is 4.79 Å². The molecule has 1 aromatic heterocycles. The second kappa shape index (κ2) is 8.30. The molecule has 0 radical (unpaired) electrons. The maximum absolute atomic E-state index is 13.3. The number of thioether (sulfide) groups is 1. The number of aromatic nitrogens is 1. The van der Waals surface area contributed by atoms with E-state index in [0.29, 0.717) is 15.9 Å². The summed E-state index contributed by atoms with van der Waals surface area (Å²) >= 11 is 8.98. The summed E-state index contributed by atoms with van der Waals surface area (Å²) in [7, 11) is 0. The van der Waals surface area contributed by atoms with E-state index in [4.69, 9.17) is 16.6 Å². The summed E-state index contributed by atoms with van der Waals surface area (Å²) in [5, 5.41) is 1.24. The van der Waals surface area contributed by atoms with E-state index in [0.717, 1.165) is 31.4 Å². The van der Waals surface area contributed by atoms with E-state index in [1.165, 1.54) is 11.8 Å². The van der Waals surface area contributed by atoms with E-state index in [1.807, 2.05) is 67.6 Å². The van der Waals surface area contributed by atoms with Gasteiger partial charge in [0.15, 0.2) is 9.51 Å². The zero-order valence-corrected chi connectivity index (χ0v) is 18.8. The van der Waals surface area contributed by atoms with Crippen LogP contribution in [0.5, 0.6) is 0 Å². The molecule has 0 aliphatic carbocycles. The Morgan fingerprint density at radius 3 is 2.48 bits per heavy atom. The molecule has 0 bridgehead atoms. The van der Waals surface area contributed by atoms with Crippen molar-refractivity contribution in [1.29, 1.82) is 0 Å². The Hall–Kier alpha value is -2.93. The minimum atomic E-state index is -0.164. The normalized spacial score (nSPS) is 15.2. The number of aliphatic imine (C=N–C) groups is 1. The third-order valence-electron chi connectivity index (χ3n) is 4.75. The molecule has 4 aromatic rings. The fraction of sp³-hybridized carbons (Fsp3) is 0.0417. The Bertz CT molecular complexity index is 1310. The molecule has 3 aromatic carbocycles. The number of para-hydroxylation sites is 1. The molecule has 0 atom stereocenters. The third-order valence-corrected chi connectivity index (χ3v) is 7.05. The van der Waals surface area contributed by atoms with Crippen molar-refractivity contribution in [3.63, 3.8) is 0 Å². The lowest BCUT2D eigenvalue weighted by Gasteiger charge is -2.17. The second-order valence-corrected chi connectivity index (χ2v) is 9.68. The summed E-state index contributed by atoms with van der Waals surface area (Å²) in [4.78, 5) is 24.3.